The summed E-state index contributed by atoms with van der Waals surface area (Å²) in [5.74, 6) is -1.41. The standard InChI is InChI=1S/C15H19FN2O3/c1-9-2-3-10(6-12(9)16)7-17-13(19)8-18-14(15(20)21)11-4-5-11/h2-3,6,11,14,18H,4-5,7-8H2,1H3,(H,17,19)(H,20,21). The second-order valence-corrected chi connectivity index (χ2v) is 5.39. The normalized spacial score (nSPS) is 15.5. The molecule has 1 saturated carbocycles. The van der Waals surface area contributed by atoms with E-state index in [2.05, 4.69) is 10.6 Å². The van der Waals surface area contributed by atoms with E-state index in [4.69, 9.17) is 5.11 Å². The fraction of sp³-hybridized carbons (Fsp3) is 0.467. The van der Waals surface area contributed by atoms with Crippen molar-refractivity contribution in [1.82, 2.24) is 10.6 Å². The summed E-state index contributed by atoms with van der Waals surface area (Å²) in [6, 6.07) is 4.12. The minimum absolute atomic E-state index is 0.0538. The summed E-state index contributed by atoms with van der Waals surface area (Å²) in [5, 5.41) is 14.4. The Kier molecular flexibility index (Phi) is 4.90. The molecule has 1 aromatic rings. The highest BCUT2D eigenvalue weighted by Crippen LogP contribution is 2.32. The van der Waals surface area contributed by atoms with Crippen LogP contribution in [-0.4, -0.2) is 29.6 Å². The lowest BCUT2D eigenvalue weighted by molar-refractivity contribution is -0.140. The van der Waals surface area contributed by atoms with Crippen LogP contribution in [0.1, 0.15) is 24.0 Å². The summed E-state index contributed by atoms with van der Waals surface area (Å²) >= 11 is 0. The minimum Gasteiger partial charge on any atom is -0.480 e. The first-order valence-electron chi connectivity index (χ1n) is 6.95. The smallest absolute Gasteiger partial charge is 0.320 e. The lowest BCUT2D eigenvalue weighted by Gasteiger charge is -2.13. The van der Waals surface area contributed by atoms with Gasteiger partial charge in [0.25, 0.3) is 0 Å². The van der Waals surface area contributed by atoms with Crippen molar-refractivity contribution in [3.05, 3.63) is 35.1 Å². The molecular formula is C15H19FN2O3. The van der Waals surface area contributed by atoms with Crippen LogP contribution < -0.4 is 10.6 Å². The van der Waals surface area contributed by atoms with Gasteiger partial charge in [-0.25, -0.2) is 4.39 Å². The van der Waals surface area contributed by atoms with E-state index in [0.717, 1.165) is 12.8 Å². The summed E-state index contributed by atoms with van der Waals surface area (Å²) in [4.78, 5) is 22.7. The van der Waals surface area contributed by atoms with Crippen LogP contribution in [0.4, 0.5) is 4.39 Å². The van der Waals surface area contributed by atoms with E-state index in [1.807, 2.05) is 0 Å². The highest BCUT2D eigenvalue weighted by molar-refractivity contribution is 5.80. The number of halogens is 1. The number of carbonyl (C=O) groups is 2. The van der Waals surface area contributed by atoms with E-state index < -0.39 is 12.0 Å². The first-order chi connectivity index (χ1) is 9.97. The largest absolute Gasteiger partial charge is 0.480 e. The van der Waals surface area contributed by atoms with E-state index in [9.17, 15) is 14.0 Å². The Morgan fingerprint density at radius 2 is 2.14 bits per heavy atom. The van der Waals surface area contributed by atoms with Gasteiger partial charge in [0, 0.05) is 6.54 Å². The average molecular weight is 294 g/mol. The van der Waals surface area contributed by atoms with Gasteiger partial charge in [-0.15, -0.1) is 0 Å². The van der Waals surface area contributed by atoms with Crippen LogP contribution >= 0.6 is 0 Å². The van der Waals surface area contributed by atoms with E-state index in [1.165, 1.54) is 6.07 Å². The maximum absolute atomic E-state index is 13.4. The molecule has 2 rings (SSSR count). The molecule has 1 unspecified atom stereocenters. The molecule has 1 aliphatic carbocycles. The minimum atomic E-state index is -0.925. The van der Waals surface area contributed by atoms with Crippen LogP contribution in [0.5, 0.6) is 0 Å². The van der Waals surface area contributed by atoms with E-state index in [-0.39, 0.29) is 30.7 Å². The summed E-state index contributed by atoms with van der Waals surface area (Å²) < 4.78 is 13.4. The SMILES string of the molecule is Cc1ccc(CNC(=O)CNC(C(=O)O)C2CC2)cc1F. The predicted molar refractivity (Wildman–Crippen MR) is 75.1 cm³/mol. The first-order valence-corrected chi connectivity index (χ1v) is 6.95. The number of hydrogen-bond donors (Lipinski definition) is 3. The fourth-order valence-electron chi connectivity index (χ4n) is 2.10. The van der Waals surface area contributed by atoms with Gasteiger partial charge in [-0.05, 0) is 42.9 Å². The van der Waals surface area contributed by atoms with Crippen LogP contribution in [0, 0.1) is 18.7 Å². The monoisotopic (exact) mass is 294 g/mol. The van der Waals surface area contributed by atoms with Crippen molar-refractivity contribution in [2.24, 2.45) is 5.92 Å². The lowest BCUT2D eigenvalue weighted by atomic mass is 10.1. The van der Waals surface area contributed by atoms with Gasteiger partial charge in [0.2, 0.25) is 5.91 Å². The Labute approximate surface area is 122 Å². The van der Waals surface area contributed by atoms with Crippen molar-refractivity contribution in [3.8, 4) is 0 Å². The maximum Gasteiger partial charge on any atom is 0.320 e. The zero-order valence-corrected chi connectivity index (χ0v) is 11.9. The molecule has 0 aromatic heterocycles. The van der Waals surface area contributed by atoms with Gasteiger partial charge in [0.1, 0.15) is 11.9 Å². The summed E-state index contributed by atoms with van der Waals surface area (Å²) in [5.41, 5.74) is 1.23. The van der Waals surface area contributed by atoms with Gasteiger partial charge in [-0.3, -0.25) is 14.9 Å². The zero-order chi connectivity index (χ0) is 15.4. The van der Waals surface area contributed by atoms with Crippen LogP contribution in [0.2, 0.25) is 0 Å². The lowest BCUT2D eigenvalue weighted by Crippen LogP contribution is -2.44. The molecular weight excluding hydrogens is 275 g/mol. The van der Waals surface area contributed by atoms with E-state index in [1.54, 1.807) is 19.1 Å². The molecule has 1 aliphatic rings. The summed E-state index contributed by atoms with van der Waals surface area (Å²) in [6.45, 7) is 1.84. The Bertz CT molecular complexity index is 544. The molecule has 1 amide bonds. The second kappa shape index (κ2) is 6.67. The third kappa shape index (κ3) is 4.53. The molecule has 1 aromatic carbocycles. The maximum atomic E-state index is 13.4. The summed E-state index contributed by atoms with van der Waals surface area (Å²) in [6.07, 6.45) is 1.77. The van der Waals surface area contributed by atoms with Crippen molar-refractivity contribution in [2.75, 3.05) is 6.54 Å². The molecule has 1 fully saturated rings. The molecule has 114 valence electrons. The quantitative estimate of drug-likeness (QED) is 0.706. The number of amides is 1. The number of nitrogens with one attached hydrogen (secondary N) is 2. The van der Waals surface area contributed by atoms with Gasteiger partial charge < -0.3 is 10.4 Å². The fourth-order valence-corrected chi connectivity index (χ4v) is 2.10. The van der Waals surface area contributed by atoms with E-state index >= 15 is 0 Å². The average Bonchev–Trinajstić information content (AvgIpc) is 3.24. The number of aryl methyl sites for hydroxylation is 1. The van der Waals surface area contributed by atoms with Gasteiger partial charge >= 0.3 is 5.97 Å². The molecule has 0 bridgehead atoms. The second-order valence-electron chi connectivity index (χ2n) is 5.39. The molecule has 0 heterocycles. The van der Waals surface area contributed by atoms with Crippen LogP contribution in [-0.2, 0) is 16.1 Å². The third-order valence-electron chi connectivity index (χ3n) is 3.57. The zero-order valence-electron chi connectivity index (χ0n) is 11.9. The molecule has 6 heteroatoms. The number of carboxylic acid groups (broad SMARTS) is 1. The van der Waals surface area contributed by atoms with Crippen LogP contribution in [0.25, 0.3) is 0 Å². The van der Waals surface area contributed by atoms with Gasteiger partial charge in [-0.2, -0.15) is 0 Å². The molecule has 3 N–H and O–H groups in total. The molecule has 5 nitrogen and oxygen atoms in total. The van der Waals surface area contributed by atoms with Crippen molar-refractivity contribution < 1.29 is 19.1 Å². The first kappa shape index (κ1) is 15.4. The Hall–Kier alpha value is -1.95. The van der Waals surface area contributed by atoms with Crippen molar-refractivity contribution in [2.45, 2.75) is 32.4 Å². The predicted octanol–water partition coefficient (Wildman–Crippen LogP) is 1.20. The molecule has 0 spiro atoms. The van der Waals surface area contributed by atoms with Gasteiger partial charge in [-0.1, -0.05) is 12.1 Å². The molecule has 0 radical (unpaired) electrons. The number of carbonyl (C=O) groups excluding carboxylic acids is 1. The van der Waals surface area contributed by atoms with Crippen molar-refractivity contribution in [1.29, 1.82) is 0 Å². The number of rotatable bonds is 7. The molecule has 21 heavy (non-hydrogen) atoms. The van der Waals surface area contributed by atoms with Crippen molar-refractivity contribution in [3.63, 3.8) is 0 Å². The van der Waals surface area contributed by atoms with Gasteiger partial charge in [0.05, 0.1) is 6.54 Å². The Morgan fingerprint density at radius 1 is 1.43 bits per heavy atom. The molecule has 0 aliphatic heterocycles. The molecule has 1 atom stereocenters. The summed E-state index contributed by atoms with van der Waals surface area (Å²) in [7, 11) is 0. The number of hydrogen-bond acceptors (Lipinski definition) is 3. The van der Waals surface area contributed by atoms with Crippen molar-refractivity contribution >= 4 is 11.9 Å². The Morgan fingerprint density at radius 3 is 2.71 bits per heavy atom. The van der Waals surface area contributed by atoms with Crippen LogP contribution in [0.15, 0.2) is 18.2 Å². The molecule has 0 saturated heterocycles. The highest BCUT2D eigenvalue weighted by Gasteiger charge is 2.36. The van der Waals surface area contributed by atoms with E-state index in [0.29, 0.717) is 11.1 Å². The number of aliphatic carboxylic acids is 1. The number of benzene rings is 1. The van der Waals surface area contributed by atoms with Gasteiger partial charge in [0.15, 0.2) is 0 Å². The number of carboxylic acids is 1. The van der Waals surface area contributed by atoms with Crippen LogP contribution in [0.3, 0.4) is 0 Å². The third-order valence-corrected chi connectivity index (χ3v) is 3.57. The topological polar surface area (TPSA) is 78.4 Å². The Balaban J connectivity index is 1.76. The highest BCUT2D eigenvalue weighted by atomic mass is 19.1.